The molecular formula is C19H21NO5. The second kappa shape index (κ2) is 7.51. The van der Waals surface area contributed by atoms with Crippen LogP contribution in [0.25, 0.3) is 0 Å². The Bertz CT molecular complexity index is 694. The van der Waals surface area contributed by atoms with E-state index in [2.05, 4.69) is 22.2 Å². The fourth-order valence-electron chi connectivity index (χ4n) is 3.42. The SMILES string of the molecule is COC(=O)c1ccc(CNC(=O)COC(=O)[C@@H]2C[C@@H]3C=C[C@@H]2C3)cc1. The summed E-state index contributed by atoms with van der Waals surface area (Å²) in [5.74, 6) is -0.372. The molecule has 1 aromatic carbocycles. The van der Waals surface area contributed by atoms with Gasteiger partial charge < -0.3 is 14.8 Å². The van der Waals surface area contributed by atoms with E-state index in [1.54, 1.807) is 24.3 Å². The van der Waals surface area contributed by atoms with Gasteiger partial charge in [0, 0.05) is 6.54 Å². The number of methoxy groups -OCH3 is 1. The molecule has 0 heterocycles. The lowest BCUT2D eigenvalue weighted by molar-refractivity contribution is -0.153. The summed E-state index contributed by atoms with van der Waals surface area (Å²) in [5.41, 5.74) is 1.29. The third-order valence-electron chi connectivity index (χ3n) is 4.79. The van der Waals surface area contributed by atoms with E-state index in [0.29, 0.717) is 18.0 Å². The van der Waals surface area contributed by atoms with Gasteiger partial charge in [0.05, 0.1) is 18.6 Å². The standard InChI is InChI=1S/C19H21NO5/c1-24-18(22)14-5-2-12(3-6-14)10-20-17(21)11-25-19(23)16-9-13-4-7-15(16)8-13/h2-7,13,15-16H,8-11H2,1H3,(H,20,21)/t13-,15-,16-/m1/s1. The Morgan fingerprint density at radius 2 is 1.88 bits per heavy atom. The Morgan fingerprint density at radius 3 is 2.48 bits per heavy atom. The summed E-state index contributed by atoms with van der Waals surface area (Å²) < 4.78 is 9.78. The zero-order chi connectivity index (χ0) is 17.8. The fourth-order valence-corrected chi connectivity index (χ4v) is 3.42. The van der Waals surface area contributed by atoms with E-state index in [1.807, 2.05) is 0 Å². The highest BCUT2D eigenvalue weighted by molar-refractivity contribution is 5.89. The van der Waals surface area contributed by atoms with Gasteiger partial charge in [0.2, 0.25) is 0 Å². The molecule has 0 saturated heterocycles. The van der Waals surface area contributed by atoms with Gasteiger partial charge in [-0.1, -0.05) is 24.3 Å². The van der Waals surface area contributed by atoms with Crippen LogP contribution in [0.3, 0.4) is 0 Å². The zero-order valence-corrected chi connectivity index (χ0v) is 14.1. The smallest absolute Gasteiger partial charge is 0.337 e. The largest absolute Gasteiger partial charge is 0.465 e. The number of amides is 1. The van der Waals surface area contributed by atoms with Gasteiger partial charge >= 0.3 is 11.9 Å². The zero-order valence-electron chi connectivity index (χ0n) is 14.1. The summed E-state index contributed by atoms with van der Waals surface area (Å²) in [6.07, 6.45) is 6.09. The van der Waals surface area contributed by atoms with Gasteiger partial charge in [-0.2, -0.15) is 0 Å². The fraction of sp³-hybridized carbons (Fsp3) is 0.421. The lowest BCUT2D eigenvalue weighted by Crippen LogP contribution is -2.30. The number of nitrogens with one attached hydrogen (secondary N) is 1. The van der Waals surface area contributed by atoms with Crippen molar-refractivity contribution in [2.24, 2.45) is 17.8 Å². The second-order valence-corrected chi connectivity index (χ2v) is 6.46. The molecule has 25 heavy (non-hydrogen) atoms. The minimum Gasteiger partial charge on any atom is -0.465 e. The molecule has 1 aromatic rings. The van der Waals surface area contributed by atoms with Crippen molar-refractivity contribution >= 4 is 17.8 Å². The van der Waals surface area contributed by atoms with Crippen LogP contribution < -0.4 is 5.32 Å². The minimum atomic E-state index is -0.405. The predicted molar refractivity (Wildman–Crippen MR) is 89.4 cm³/mol. The predicted octanol–water partition coefficient (Wildman–Crippen LogP) is 1.84. The van der Waals surface area contributed by atoms with Gasteiger partial charge in [0.15, 0.2) is 6.61 Å². The van der Waals surface area contributed by atoms with Crippen molar-refractivity contribution in [2.75, 3.05) is 13.7 Å². The van der Waals surface area contributed by atoms with Crippen LogP contribution in [0.4, 0.5) is 0 Å². The van der Waals surface area contributed by atoms with Gasteiger partial charge in [0.25, 0.3) is 5.91 Å². The highest BCUT2D eigenvalue weighted by Crippen LogP contribution is 2.43. The summed E-state index contributed by atoms with van der Waals surface area (Å²) in [6.45, 7) is 0.0331. The van der Waals surface area contributed by atoms with E-state index in [0.717, 1.165) is 18.4 Å². The molecule has 6 nitrogen and oxygen atoms in total. The van der Waals surface area contributed by atoms with E-state index >= 15 is 0 Å². The van der Waals surface area contributed by atoms with Crippen molar-refractivity contribution < 1.29 is 23.9 Å². The molecule has 3 rings (SSSR count). The molecule has 1 fully saturated rings. The summed E-state index contributed by atoms with van der Waals surface area (Å²) in [7, 11) is 1.32. The number of ether oxygens (including phenoxy) is 2. The Balaban J connectivity index is 1.40. The Kier molecular flexibility index (Phi) is 5.16. The third-order valence-corrected chi connectivity index (χ3v) is 4.79. The van der Waals surface area contributed by atoms with Crippen molar-refractivity contribution in [1.82, 2.24) is 5.32 Å². The number of fused-ring (bicyclic) bond motifs is 2. The van der Waals surface area contributed by atoms with Gasteiger partial charge in [-0.05, 0) is 42.4 Å². The number of hydrogen-bond donors (Lipinski definition) is 1. The number of carbonyl (C=O) groups excluding carboxylic acids is 3. The van der Waals surface area contributed by atoms with Crippen molar-refractivity contribution in [3.8, 4) is 0 Å². The minimum absolute atomic E-state index is 0.103. The van der Waals surface area contributed by atoms with Gasteiger partial charge in [-0.3, -0.25) is 9.59 Å². The third kappa shape index (κ3) is 4.07. The van der Waals surface area contributed by atoms with E-state index in [-0.39, 0.29) is 30.3 Å². The van der Waals surface area contributed by atoms with Gasteiger partial charge in [-0.25, -0.2) is 4.79 Å². The van der Waals surface area contributed by atoms with Gasteiger partial charge in [0.1, 0.15) is 0 Å². The summed E-state index contributed by atoms with van der Waals surface area (Å²) in [4.78, 5) is 35.3. The highest BCUT2D eigenvalue weighted by Gasteiger charge is 2.40. The van der Waals surface area contributed by atoms with E-state index in [1.165, 1.54) is 7.11 Å². The van der Waals surface area contributed by atoms with Crippen LogP contribution in [0.2, 0.25) is 0 Å². The molecule has 1 N–H and O–H groups in total. The average molecular weight is 343 g/mol. The van der Waals surface area contributed by atoms with Crippen LogP contribution in [0, 0.1) is 17.8 Å². The Morgan fingerprint density at radius 1 is 1.12 bits per heavy atom. The van der Waals surface area contributed by atoms with Crippen molar-refractivity contribution in [3.63, 3.8) is 0 Å². The van der Waals surface area contributed by atoms with Crippen molar-refractivity contribution in [3.05, 3.63) is 47.5 Å². The molecule has 6 heteroatoms. The maximum atomic E-state index is 12.1. The number of allylic oxidation sites excluding steroid dienone is 2. The summed E-state index contributed by atoms with van der Waals surface area (Å²) in [5, 5.41) is 2.70. The molecule has 3 atom stereocenters. The monoisotopic (exact) mass is 343 g/mol. The van der Waals surface area contributed by atoms with Crippen LogP contribution in [-0.2, 0) is 25.6 Å². The quantitative estimate of drug-likeness (QED) is 0.630. The van der Waals surface area contributed by atoms with Crippen LogP contribution in [0.15, 0.2) is 36.4 Å². The maximum Gasteiger partial charge on any atom is 0.337 e. The lowest BCUT2D eigenvalue weighted by atomic mass is 9.94. The molecule has 132 valence electrons. The van der Waals surface area contributed by atoms with Crippen LogP contribution in [0.5, 0.6) is 0 Å². The van der Waals surface area contributed by atoms with Crippen LogP contribution in [-0.4, -0.2) is 31.6 Å². The van der Waals surface area contributed by atoms with E-state index in [9.17, 15) is 14.4 Å². The normalized spacial score (nSPS) is 23.3. The Labute approximate surface area is 146 Å². The van der Waals surface area contributed by atoms with E-state index < -0.39 is 5.97 Å². The molecule has 0 aliphatic heterocycles. The summed E-state index contributed by atoms with van der Waals surface area (Å²) in [6, 6.07) is 6.74. The molecule has 1 saturated carbocycles. The number of hydrogen-bond acceptors (Lipinski definition) is 5. The molecule has 0 unspecified atom stereocenters. The van der Waals surface area contributed by atoms with Crippen LogP contribution in [0.1, 0.15) is 28.8 Å². The molecule has 1 amide bonds. The molecule has 0 radical (unpaired) electrons. The number of benzene rings is 1. The first-order chi connectivity index (χ1) is 12.1. The van der Waals surface area contributed by atoms with Crippen molar-refractivity contribution in [2.45, 2.75) is 19.4 Å². The molecule has 2 aliphatic carbocycles. The molecule has 2 aliphatic rings. The first-order valence-corrected chi connectivity index (χ1v) is 8.35. The molecular weight excluding hydrogens is 322 g/mol. The number of rotatable bonds is 6. The number of esters is 2. The van der Waals surface area contributed by atoms with E-state index in [4.69, 9.17) is 4.74 Å². The summed E-state index contributed by atoms with van der Waals surface area (Å²) >= 11 is 0. The first-order valence-electron chi connectivity index (χ1n) is 8.35. The lowest BCUT2D eigenvalue weighted by Gasteiger charge is -2.16. The van der Waals surface area contributed by atoms with Crippen molar-refractivity contribution in [1.29, 1.82) is 0 Å². The second-order valence-electron chi connectivity index (χ2n) is 6.46. The molecule has 0 spiro atoms. The first kappa shape index (κ1) is 17.2. The maximum absolute atomic E-state index is 12.1. The number of carbonyl (C=O) groups is 3. The highest BCUT2D eigenvalue weighted by atomic mass is 16.5. The Hall–Kier alpha value is -2.63. The average Bonchev–Trinajstić information content (AvgIpc) is 3.27. The van der Waals surface area contributed by atoms with Gasteiger partial charge in [-0.15, -0.1) is 0 Å². The van der Waals surface area contributed by atoms with Crippen LogP contribution >= 0.6 is 0 Å². The molecule has 2 bridgehead atoms. The molecule has 0 aromatic heterocycles. The topological polar surface area (TPSA) is 81.7 Å².